The summed E-state index contributed by atoms with van der Waals surface area (Å²) < 4.78 is 0. The van der Waals surface area contributed by atoms with Gasteiger partial charge in [0.05, 0.1) is 18.0 Å². The molecule has 0 radical (unpaired) electrons. The van der Waals surface area contributed by atoms with Gasteiger partial charge in [-0.25, -0.2) is 0 Å². The van der Waals surface area contributed by atoms with Crippen LogP contribution in [0.2, 0.25) is 0 Å². The molecule has 0 spiro atoms. The van der Waals surface area contributed by atoms with Gasteiger partial charge in [0.2, 0.25) is 0 Å². The van der Waals surface area contributed by atoms with E-state index < -0.39 is 0 Å². The average molecular weight is 351 g/mol. The Hall–Kier alpha value is -1.83. The molecule has 1 aromatic carbocycles. The molecule has 138 valence electrons. The lowest BCUT2D eigenvalue weighted by Crippen LogP contribution is -2.70. The minimum absolute atomic E-state index is 0.0972. The standard InChI is InChI=1S/C22H30N4/c1-17(2)26(21-14-20(21)18-6-4-3-5-7-18)19-8-12-25(13-9-19)22(10-11-23)15-24-16-22/h3-7,19-21,24H,1,8-10,12-16H2,2H3. The second-order valence-corrected chi connectivity index (χ2v) is 8.34. The molecule has 1 N–H and O–H groups in total. The van der Waals surface area contributed by atoms with E-state index in [1.807, 2.05) is 0 Å². The van der Waals surface area contributed by atoms with Gasteiger partial charge < -0.3 is 10.2 Å². The molecule has 3 fully saturated rings. The minimum Gasteiger partial charge on any atom is -0.369 e. The van der Waals surface area contributed by atoms with Gasteiger partial charge in [0.15, 0.2) is 0 Å². The third kappa shape index (κ3) is 3.15. The Morgan fingerprint density at radius 1 is 1.31 bits per heavy atom. The van der Waals surface area contributed by atoms with Crippen LogP contribution in [-0.2, 0) is 0 Å². The summed E-state index contributed by atoms with van der Waals surface area (Å²) in [6.07, 6.45) is 4.25. The number of hydrogen-bond donors (Lipinski definition) is 1. The van der Waals surface area contributed by atoms with Crippen LogP contribution in [0.15, 0.2) is 42.6 Å². The Morgan fingerprint density at radius 3 is 2.54 bits per heavy atom. The molecule has 2 atom stereocenters. The maximum absolute atomic E-state index is 9.20. The van der Waals surface area contributed by atoms with E-state index in [0.717, 1.165) is 26.2 Å². The summed E-state index contributed by atoms with van der Waals surface area (Å²) in [5.41, 5.74) is 2.78. The molecule has 2 saturated heterocycles. The fraction of sp³-hybridized carbons (Fsp3) is 0.591. The SMILES string of the molecule is C=C(C)N(C1CCN(C2(CC#N)CNC2)CC1)C1CC1c1ccccc1. The molecule has 2 heterocycles. The molecule has 3 aliphatic rings. The van der Waals surface area contributed by atoms with Crippen LogP contribution in [0.1, 0.15) is 44.1 Å². The highest BCUT2D eigenvalue weighted by atomic mass is 15.3. The van der Waals surface area contributed by atoms with Gasteiger partial charge in [-0.1, -0.05) is 36.9 Å². The van der Waals surface area contributed by atoms with E-state index in [2.05, 4.69) is 65.0 Å². The summed E-state index contributed by atoms with van der Waals surface area (Å²) in [7, 11) is 0. The molecule has 1 aliphatic carbocycles. The predicted molar refractivity (Wildman–Crippen MR) is 105 cm³/mol. The zero-order valence-corrected chi connectivity index (χ0v) is 15.8. The van der Waals surface area contributed by atoms with Gasteiger partial charge in [-0.2, -0.15) is 5.26 Å². The number of hydrogen-bond acceptors (Lipinski definition) is 4. The molecule has 4 nitrogen and oxygen atoms in total. The fourth-order valence-electron chi connectivity index (χ4n) is 5.05. The van der Waals surface area contributed by atoms with Crippen molar-refractivity contribution in [2.75, 3.05) is 26.2 Å². The first-order valence-electron chi connectivity index (χ1n) is 9.96. The summed E-state index contributed by atoms with van der Waals surface area (Å²) in [5.74, 6) is 0.659. The summed E-state index contributed by atoms with van der Waals surface area (Å²) >= 11 is 0. The summed E-state index contributed by atoms with van der Waals surface area (Å²) in [4.78, 5) is 5.19. The molecule has 26 heavy (non-hydrogen) atoms. The highest BCUT2D eigenvalue weighted by Crippen LogP contribution is 2.47. The Morgan fingerprint density at radius 2 is 2.00 bits per heavy atom. The number of benzene rings is 1. The van der Waals surface area contributed by atoms with E-state index in [1.54, 1.807) is 0 Å². The lowest BCUT2D eigenvalue weighted by Gasteiger charge is -2.53. The van der Waals surface area contributed by atoms with Gasteiger partial charge >= 0.3 is 0 Å². The normalized spacial score (nSPS) is 28.0. The Bertz CT molecular complexity index is 680. The number of allylic oxidation sites excluding steroid dienone is 1. The molecule has 0 amide bonds. The zero-order valence-electron chi connectivity index (χ0n) is 15.8. The van der Waals surface area contributed by atoms with Crippen LogP contribution in [0, 0.1) is 11.3 Å². The molecule has 1 saturated carbocycles. The van der Waals surface area contributed by atoms with Crippen molar-refractivity contribution in [3.63, 3.8) is 0 Å². The van der Waals surface area contributed by atoms with Crippen molar-refractivity contribution < 1.29 is 0 Å². The number of nitrogens with zero attached hydrogens (tertiary/aromatic N) is 3. The van der Waals surface area contributed by atoms with Crippen molar-refractivity contribution in [3.8, 4) is 6.07 Å². The van der Waals surface area contributed by atoms with Crippen molar-refractivity contribution in [1.82, 2.24) is 15.1 Å². The first-order valence-corrected chi connectivity index (χ1v) is 9.96. The van der Waals surface area contributed by atoms with Gasteiger partial charge in [-0.3, -0.25) is 4.90 Å². The quantitative estimate of drug-likeness (QED) is 0.856. The molecule has 0 bridgehead atoms. The number of piperidine rings is 1. The zero-order chi connectivity index (χ0) is 18.1. The van der Waals surface area contributed by atoms with E-state index >= 15 is 0 Å². The van der Waals surface area contributed by atoms with E-state index in [1.165, 1.54) is 30.5 Å². The molecular weight excluding hydrogens is 320 g/mol. The second-order valence-electron chi connectivity index (χ2n) is 8.34. The Labute approximate surface area is 157 Å². The van der Waals surface area contributed by atoms with Crippen molar-refractivity contribution in [1.29, 1.82) is 5.26 Å². The van der Waals surface area contributed by atoms with Gasteiger partial charge in [0, 0.05) is 49.9 Å². The number of likely N-dealkylation sites (tertiary alicyclic amines) is 1. The molecular formula is C22H30N4. The number of nitriles is 1. The Balaban J connectivity index is 1.39. The highest BCUT2D eigenvalue weighted by Gasteiger charge is 2.47. The first-order chi connectivity index (χ1) is 12.6. The lowest BCUT2D eigenvalue weighted by atomic mass is 9.84. The van der Waals surface area contributed by atoms with Crippen LogP contribution >= 0.6 is 0 Å². The number of rotatable bonds is 6. The maximum Gasteiger partial charge on any atom is 0.0642 e. The van der Waals surface area contributed by atoms with Crippen molar-refractivity contribution in [3.05, 3.63) is 48.2 Å². The average Bonchev–Trinajstić information content (AvgIpc) is 3.40. The third-order valence-corrected chi connectivity index (χ3v) is 6.63. The Kier molecular flexibility index (Phi) is 4.77. The molecule has 0 aromatic heterocycles. The van der Waals surface area contributed by atoms with E-state index in [0.29, 0.717) is 24.4 Å². The second kappa shape index (κ2) is 7.06. The van der Waals surface area contributed by atoms with Crippen LogP contribution in [0.4, 0.5) is 0 Å². The first kappa shape index (κ1) is 17.6. The summed E-state index contributed by atoms with van der Waals surface area (Å²) in [5, 5.41) is 12.6. The highest BCUT2D eigenvalue weighted by molar-refractivity contribution is 5.29. The maximum atomic E-state index is 9.20. The third-order valence-electron chi connectivity index (χ3n) is 6.63. The van der Waals surface area contributed by atoms with E-state index in [9.17, 15) is 5.26 Å². The van der Waals surface area contributed by atoms with E-state index in [-0.39, 0.29) is 5.54 Å². The molecule has 1 aromatic rings. The smallest absolute Gasteiger partial charge is 0.0642 e. The monoisotopic (exact) mass is 350 g/mol. The van der Waals surface area contributed by atoms with Crippen LogP contribution < -0.4 is 5.32 Å². The molecule has 2 unspecified atom stereocenters. The van der Waals surface area contributed by atoms with Crippen LogP contribution in [0.3, 0.4) is 0 Å². The molecule has 4 rings (SSSR count). The topological polar surface area (TPSA) is 42.3 Å². The lowest BCUT2D eigenvalue weighted by molar-refractivity contribution is 0.00457. The van der Waals surface area contributed by atoms with Crippen LogP contribution in [-0.4, -0.2) is 53.6 Å². The molecule has 2 aliphatic heterocycles. The van der Waals surface area contributed by atoms with Gasteiger partial charge in [0.25, 0.3) is 0 Å². The van der Waals surface area contributed by atoms with E-state index in [4.69, 9.17) is 0 Å². The fourth-order valence-corrected chi connectivity index (χ4v) is 5.05. The minimum atomic E-state index is 0.0972. The van der Waals surface area contributed by atoms with Crippen LogP contribution in [0.5, 0.6) is 0 Å². The summed E-state index contributed by atoms with van der Waals surface area (Å²) in [6, 6.07) is 14.5. The van der Waals surface area contributed by atoms with Crippen LogP contribution in [0.25, 0.3) is 0 Å². The van der Waals surface area contributed by atoms with Crippen molar-refractivity contribution >= 4 is 0 Å². The van der Waals surface area contributed by atoms with Gasteiger partial charge in [0.1, 0.15) is 0 Å². The van der Waals surface area contributed by atoms with Gasteiger partial charge in [-0.15, -0.1) is 0 Å². The van der Waals surface area contributed by atoms with Crippen molar-refractivity contribution in [2.24, 2.45) is 0 Å². The predicted octanol–water partition coefficient (Wildman–Crippen LogP) is 3.10. The largest absolute Gasteiger partial charge is 0.369 e. The summed E-state index contributed by atoms with van der Waals surface area (Å²) in [6.45, 7) is 10.6. The van der Waals surface area contributed by atoms with Gasteiger partial charge in [-0.05, 0) is 31.7 Å². The number of nitrogens with one attached hydrogen (secondary N) is 1. The van der Waals surface area contributed by atoms with Crippen molar-refractivity contribution in [2.45, 2.75) is 56.1 Å². The molecule has 4 heteroatoms.